The molecule has 2 aliphatic heterocycles. The van der Waals surface area contributed by atoms with Gasteiger partial charge in [-0.05, 0) is 73.6 Å². The van der Waals surface area contributed by atoms with Gasteiger partial charge in [0.25, 0.3) is 0 Å². The molecule has 1 atom stereocenters. The molecule has 6 rings (SSSR count). The van der Waals surface area contributed by atoms with Crippen molar-refractivity contribution in [1.29, 1.82) is 5.26 Å². The molecule has 3 fully saturated rings. The van der Waals surface area contributed by atoms with E-state index in [1.165, 1.54) is 54.5 Å². The van der Waals surface area contributed by atoms with Gasteiger partial charge in [0.2, 0.25) is 0 Å². The molecule has 2 aromatic carbocycles. The van der Waals surface area contributed by atoms with Gasteiger partial charge in [0.15, 0.2) is 0 Å². The van der Waals surface area contributed by atoms with Gasteiger partial charge in [0.1, 0.15) is 5.41 Å². The molecular weight excluding hydrogens is 328 g/mol. The van der Waals surface area contributed by atoms with Crippen molar-refractivity contribution < 1.29 is 0 Å². The minimum atomic E-state index is -0.582. The van der Waals surface area contributed by atoms with E-state index in [1.54, 1.807) is 0 Å². The molecule has 0 radical (unpaired) electrons. The quantitative estimate of drug-likeness (QED) is 0.768. The maximum atomic E-state index is 10.8. The molecule has 0 N–H and O–H groups in total. The second-order valence-corrected chi connectivity index (χ2v) is 8.78. The van der Waals surface area contributed by atoms with Crippen LogP contribution in [0.4, 0.5) is 0 Å². The first-order valence-corrected chi connectivity index (χ1v) is 10.6. The normalized spacial score (nSPS) is 27.1. The number of hydrogen-bond donors (Lipinski definition) is 0. The van der Waals surface area contributed by atoms with Crippen molar-refractivity contribution in [3.63, 3.8) is 0 Å². The Hall–Kier alpha value is -2.11. The van der Waals surface area contributed by atoms with Gasteiger partial charge in [-0.15, -0.1) is 0 Å². The highest BCUT2D eigenvalue weighted by Crippen LogP contribution is 2.46. The molecule has 1 saturated carbocycles. The number of aryl methyl sites for hydroxylation is 2. The topological polar surface area (TPSA) is 27.0 Å². The Morgan fingerprint density at radius 1 is 0.926 bits per heavy atom. The van der Waals surface area contributed by atoms with Crippen LogP contribution in [0.1, 0.15) is 54.9 Å². The summed E-state index contributed by atoms with van der Waals surface area (Å²) in [6, 6.07) is 21.1. The van der Waals surface area contributed by atoms with Crippen LogP contribution in [0, 0.1) is 17.2 Å². The van der Waals surface area contributed by atoms with Crippen LogP contribution in [0.25, 0.3) is 0 Å². The van der Waals surface area contributed by atoms with Gasteiger partial charge in [0, 0.05) is 18.6 Å². The molecular formula is C25H28N2. The van der Waals surface area contributed by atoms with E-state index in [2.05, 4.69) is 66.4 Å². The van der Waals surface area contributed by atoms with Crippen LogP contribution in [0.15, 0.2) is 48.5 Å². The first-order valence-electron chi connectivity index (χ1n) is 10.6. The molecule has 2 bridgehead atoms. The predicted octanol–water partition coefficient (Wildman–Crippen LogP) is 4.86. The largest absolute Gasteiger partial charge is 0.295 e. The van der Waals surface area contributed by atoms with Crippen molar-refractivity contribution in [2.24, 2.45) is 5.92 Å². The molecule has 2 aliphatic carbocycles. The summed E-state index contributed by atoms with van der Waals surface area (Å²) in [5.74, 6) is 0.824. The third kappa shape index (κ3) is 2.48. The lowest BCUT2D eigenvalue weighted by molar-refractivity contribution is 0.00579. The van der Waals surface area contributed by atoms with Crippen LogP contribution in [-0.4, -0.2) is 23.5 Å². The second-order valence-electron chi connectivity index (χ2n) is 8.78. The molecule has 4 aliphatic rings. The van der Waals surface area contributed by atoms with Crippen LogP contribution in [-0.2, 0) is 18.3 Å². The Bertz CT molecular complexity index is 838. The Kier molecular flexibility index (Phi) is 4.10. The molecule has 1 unspecified atom stereocenters. The summed E-state index contributed by atoms with van der Waals surface area (Å²) >= 11 is 0. The molecule has 0 aromatic heterocycles. The highest BCUT2D eigenvalue weighted by molar-refractivity contribution is 5.56. The number of rotatable bonds is 2. The van der Waals surface area contributed by atoms with E-state index >= 15 is 0 Å². The lowest BCUT2D eigenvalue weighted by atomic mass is 9.66. The van der Waals surface area contributed by atoms with Gasteiger partial charge in [0.05, 0.1) is 6.07 Å². The highest BCUT2D eigenvalue weighted by Gasteiger charge is 2.49. The minimum Gasteiger partial charge on any atom is -0.295 e. The first-order chi connectivity index (χ1) is 13.2. The molecule has 0 amide bonds. The van der Waals surface area contributed by atoms with Crippen LogP contribution >= 0.6 is 0 Å². The number of piperidine rings is 2. The molecule has 2 aromatic rings. The maximum absolute atomic E-state index is 10.8. The van der Waals surface area contributed by atoms with E-state index in [4.69, 9.17) is 0 Å². The van der Waals surface area contributed by atoms with Crippen molar-refractivity contribution in [3.8, 4) is 6.07 Å². The van der Waals surface area contributed by atoms with Crippen molar-refractivity contribution in [2.45, 2.75) is 62.9 Å². The van der Waals surface area contributed by atoms with Crippen LogP contribution in [0.2, 0.25) is 0 Å². The lowest BCUT2D eigenvalue weighted by Crippen LogP contribution is -2.58. The van der Waals surface area contributed by atoms with E-state index in [1.807, 2.05) is 0 Å². The van der Waals surface area contributed by atoms with Crippen molar-refractivity contribution in [3.05, 3.63) is 70.8 Å². The molecule has 2 heterocycles. The fourth-order valence-electron chi connectivity index (χ4n) is 6.15. The van der Waals surface area contributed by atoms with Crippen LogP contribution < -0.4 is 0 Å². The summed E-state index contributed by atoms with van der Waals surface area (Å²) in [5, 5.41) is 10.8. The number of nitriles is 1. The fraction of sp³-hybridized carbons (Fsp3) is 0.480. The Labute approximate surface area is 162 Å². The summed E-state index contributed by atoms with van der Waals surface area (Å²) in [6.45, 7) is 3.49. The minimum absolute atomic E-state index is 0.191. The van der Waals surface area contributed by atoms with E-state index in [0.717, 1.165) is 18.8 Å². The van der Waals surface area contributed by atoms with E-state index in [9.17, 15) is 5.26 Å². The summed E-state index contributed by atoms with van der Waals surface area (Å²) in [5.41, 5.74) is 4.60. The molecule has 138 valence electrons. The van der Waals surface area contributed by atoms with E-state index < -0.39 is 5.41 Å². The second kappa shape index (κ2) is 6.50. The van der Waals surface area contributed by atoms with Crippen molar-refractivity contribution >= 4 is 0 Å². The highest BCUT2D eigenvalue weighted by atomic mass is 15.2. The maximum Gasteiger partial charge on any atom is 0.123 e. The fourth-order valence-corrected chi connectivity index (χ4v) is 6.15. The molecule has 2 saturated heterocycles. The number of hydrogen-bond acceptors (Lipinski definition) is 2. The van der Waals surface area contributed by atoms with Gasteiger partial charge in [-0.2, -0.15) is 5.26 Å². The zero-order valence-corrected chi connectivity index (χ0v) is 16.2. The lowest BCUT2D eigenvalue weighted by Gasteiger charge is -2.52. The third-order valence-corrected chi connectivity index (χ3v) is 7.60. The summed E-state index contributed by atoms with van der Waals surface area (Å²) in [6.07, 6.45) is 7.41. The molecule has 2 nitrogen and oxygen atoms in total. The van der Waals surface area contributed by atoms with Crippen LogP contribution in [0.5, 0.6) is 0 Å². The molecule has 27 heavy (non-hydrogen) atoms. The SMILES string of the molecule is CC(N1CC2CCC1CC2)C1(C#N)c2ccccc2CCc2ccccc21. The number of nitrogens with zero attached hydrogens (tertiary/aromatic N) is 2. The first kappa shape index (κ1) is 17.0. The van der Waals surface area contributed by atoms with Gasteiger partial charge < -0.3 is 0 Å². The van der Waals surface area contributed by atoms with Gasteiger partial charge in [-0.25, -0.2) is 0 Å². The van der Waals surface area contributed by atoms with E-state index in [-0.39, 0.29) is 6.04 Å². The standard InChI is InChI=1S/C25H28N2/c1-18(27-16-19-10-14-22(27)15-11-19)25(17-26)23-8-4-2-6-20(23)12-13-21-7-3-5-9-24(21)25/h2-9,18-19,22H,10-16H2,1H3. The Morgan fingerprint density at radius 3 is 1.96 bits per heavy atom. The Morgan fingerprint density at radius 2 is 1.48 bits per heavy atom. The summed E-state index contributed by atoms with van der Waals surface area (Å²) < 4.78 is 0. The predicted molar refractivity (Wildman–Crippen MR) is 109 cm³/mol. The van der Waals surface area contributed by atoms with Gasteiger partial charge in [-0.3, -0.25) is 4.90 Å². The van der Waals surface area contributed by atoms with E-state index in [0.29, 0.717) is 6.04 Å². The van der Waals surface area contributed by atoms with Gasteiger partial charge in [-0.1, -0.05) is 48.5 Å². The number of fused-ring (bicyclic) bond motifs is 5. The average Bonchev–Trinajstić information content (AvgIpc) is 2.89. The Balaban J connectivity index is 1.71. The average molecular weight is 357 g/mol. The summed E-state index contributed by atoms with van der Waals surface area (Å²) in [4.78, 5) is 2.69. The number of benzene rings is 2. The monoisotopic (exact) mass is 356 g/mol. The zero-order chi connectivity index (χ0) is 18.4. The summed E-state index contributed by atoms with van der Waals surface area (Å²) in [7, 11) is 0. The van der Waals surface area contributed by atoms with Gasteiger partial charge >= 0.3 is 0 Å². The van der Waals surface area contributed by atoms with Crippen molar-refractivity contribution in [1.82, 2.24) is 4.90 Å². The van der Waals surface area contributed by atoms with Crippen LogP contribution in [0.3, 0.4) is 0 Å². The zero-order valence-electron chi connectivity index (χ0n) is 16.2. The third-order valence-electron chi connectivity index (χ3n) is 7.60. The molecule has 0 spiro atoms. The molecule has 2 heteroatoms. The smallest absolute Gasteiger partial charge is 0.123 e. The van der Waals surface area contributed by atoms with Crippen molar-refractivity contribution in [2.75, 3.05) is 6.54 Å².